The van der Waals surface area contributed by atoms with E-state index in [1.807, 2.05) is 11.1 Å². The van der Waals surface area contributed by atoms with Gasteiger partial charge in [0.15, 0.2) is 0 Å². The minimum Gasteiger partial charge on any atom is -0.338 e. The normalized spacial score (nSPS) is 14.9. The van der Waals surface area contributed by atoms with Crippen LogP contribution in [0.25, 0.3) is 0 Å². The Labute approximate surface area is 102 Å². The summed E-state index contributed by atoms with van der Waals surface area (Å²) in [5.41, 5.74) is 2.19. The van der Waals surface area contributed by atoms with Crippen molar-refractivity contribution in [1.82, 2.24) is 14.9 Å². The molecule has 17 heavy (non-hydrogen) atoms. The van der Waals surface area contributed by atoms with E-state index in [-0.39, 0.29) is 11.8 Å². The van der Waals surface area contributed by atoms with Crippen molar-refractivity contribution in [2.45, 2.75) is 39.7 Å². The van der Waals surface area contributed by atoms with E-state index in [9.17, 15) is 4.79 Å². The monoisotopic (exact) mass is 233 g/mol. The van der Waals surface area contributed by atoms with Gasteiger partial charge in [-0.1, -0.05) is 13.8 Å². The minimum atomic E-state index is 0.168. The summed E-state index contributed by atoms with van der Waals surface area (Å²) in [6.07, 6.45) is 6.10. The molecule has 0 atom stereocenters. The molecule has 0 saturated heterocycles. The zero-order chi connectivity index (χ0) is 12.3. The molecule has 0 aromatic carbocycles. The second-order valence-corrected chi connectivity index (χ2v) is 4.52. The van der Waals surface area contributed by atoms with Gasteiger partial charge in [0.05, 0.1) is 5.69 Å². The van der Waals surface area contributed by atoms with E-state index < -0.39 is 0 Å². The van der Waals surface area contributed by atoms with E-state index in [2.05, 4.69) is 23.8 Å². The molecule has 1 amide bonds. The lowest BCUT2D eigenvalue weighted by Gasteiger charge is -2.30. The van der Waals surface area contributed by atoms with Crippen LogP contribution in [0.1, 0.15) is 37.9 Å². The SMILES string of the molecule is CCC(CC)C(=O)N1CCc2ncncc2C1. The van der Waals surface area contributed by atoms with Gasteiger partial charge in [-0.05, 0) is 12.8 Å². The van der Waals surface area contributed by atoms with Crippen molar-refractivity contribution in [3.63, 3.8) is 0 Å². The van der Waals surface area contributed by atoms with Gasteiger partial charge in [0.1, 0.15) is 6.33 Å². The number of rotatable bonds is 3. The molecule has 0 bridgehead atoms. The molecule has 0 radical (unpaired) electrons. The van der Waals surface area contributed by atoms with Crippen molar-refractivity contribution in [3.05, 3.63) is 23.8 Å². The molecule has 4 heteroatoms. The van der Waals surface area contributed by atoms with E-state index in [0.29, 0.717) is 6.54 Å². The van der Waals surface area contributed by atoms with Crippen LogP contribution >= 0.6 is 0 Å². The molecule has 0 aliphatic carbocycles. The van der Waals surface area contributed by atoms with E-state index in [0.717, 1.165) is 37.1 Å². The fourth-order valence-electron chi connectivity index (χ4n) is 2.35. The summed E-state index contributed by atoms with van der Waals surface area (Å²) >= 11 is 0. The smallest absolute Gasteiger partial charge is 0.225 e. The van der Waals surface area contributed by atoms with Crippen molar-refractivity contribution in [2.75, 3.05) is 6.54 Å². The summed E-state index contributed by atoms with van der Waals surface area (Å²) < 4.78 is 0. The van der Waals surface area contributed by atoms with Crippen molar-refractivity contribution in [1.29, 1.82) is 0 Å². The zero-order valence-electron chi connectivity index (χ0n) is 10.5. The largest absolute Gasteiger partial charge is 0.338 e. The topological polar surface area (TPSA) is 46.1 Å². The predicted octanol–water partition coefficient (Wildman–Crippen LogP) is 1.80. The van der Waals surface area contributed by atoms with E-state index >= 15 is 0 Å². The van der Waals surface area contributed by atoms with E-state index in [1.54, 1.807) is 6.33 Å². The lowest BCUT2D eigenvalue weighted by atomic mass is 9.99. The first-order valence-corrected chi connectivity index (χ1v) is 6.32. The molecular weight excluding hydrogens is 214 g/mol. The molecule has 4 nitrogen and oxygen atoms in total. The summed E-state index contributed by atoms with van der Waals surface area (Å²) in [7, 11) is 0. The number of hydrogen-bond acceptors (Lipinski definition) is 3. The maximum Gasteiger partial charge on any atom is 0.225 e. The lowest BCUT2D eigenvalue weighted by molar-refractivity contribution is -0.136. The highest BCUT2D eigenvalue weighted by atomic mass is 16.2. The molecule has 1 aliphatic rings. The van der Waals surface area contributed by atoms with Crippen LogP contribution in [-0.2, 0) is 17.8 Å². The first kappa shape index (κ1) is 12.0. The summed E-state index contributed by atoms with van der Waals surface area (Å²) in [5.74, 6) is 0.450. The van der Waals surface area contributed by atoms with Gasteiger partial charge >= 0.3 is 0 Å². The van der Waals surface area contributed by atoms with Crippen molar-refractivity contribution in [3.8, 4) is 0 Å². The van der Waals surface area contributed by atoms with Crippen LogP contribution in [0.5, 0.6) is 0 Å². The van der Waals surface area contributed by atoms with Gasteiger partial charge in [-0.15, -0.1) is 0 Å². The van der Waals surface area contributed by atoms with Gasteiger partial charge in [0.2, 0.25) is 5.91 Å². The van der Waals surface area contributed by atoms with Crippen LogP contribution in [0.15, 0.2) is 12.5 Å². The van der Waals surface area contributed by atoms with Crippen LogP contribution < -0.4 is 0 Å². The Hall–Kier alpha value is -1.45. The third-order valence-electron chi connectivity index (χ3n) is 3.51. The molecule has 0 saturated carbocycles. The predicted molar refractivity (Wildman–Crippen MR) is 65.2 cm³/mol. The van der Waals surface area contributed by atoms with Crippen molar-refractivity contribution < 1.29 is 4.79 Å². The molecule has 2 heterocycles. The van der Waals surface area contributed by atoms with Crippen LogP contribution in [0.4, 0.5) is 0 Å². The van der Waals surface area contributed by atoms with Gasteiger partial charge < -0.3 is 4.90 Å². The Morgan fingerprint density at radius 3 is 2.94 bits per heavy atom. The molecule has 1 aromatic heterocycles. The average Bonchev–Trinajstić information content (AvgIpc) is 2.39. The number of amides is 1. The van der Waals surface area contributed by atoms with Gasteiger partial charge in [-0.3, -0.25) is 4.79 Å². The molecule has 2 rings (SSSR count). The lowest BCUT2D eigenvalue weighted by Crippen LogP contribution is -2.39. The quantitative estimate of drug-likeness (QED) is 0.799. The standard InChI is InChI=1S/C13H19N3O/c1-3-10(4-2)13(17)16-6-5-12-11(8-16)7-14-9-15-12/h7,9-10H,3-6,8H2,1-2H3. The van der Waals surface area contributed by atoms with E-state index in [4.69, 9.17) is 0 Å². The maximum absolute atomic E-state index is 12.3. The number of aromatic nitrogens is 2. The maximum atomic E-state index is 12.3. The van der Waals surface area contributed by atoms with Gasteiger partial charge in [-0.2, -0.15) is 0 Å². The van der Waals surface area contributed by atoms with Gasteiger partial charge in [0.25, 0.3) is 0 Å². The summed E-state index contributed by atoms with van der Waals surface area (Å²) in [6, 6.07) is 0. The summed E-state index contributed by atoms with van der Waals surface area (Å²) in [6.45, 7) is 5.62. The van der Waals surface area contributed by atoms with Crippen LogP contribution in [0, 0.1) is 5.92 Å². The number of carbonyl (C=O) groups excluding carboxylic acids is 1. The molecule has 1 aromatic rings. The Morgan fingerprint density at radius 1 is 1.47 bits per heavy atom. The van der Waals surface area contributed by atoms with Gasteiger partial charge in [0, 0.05) is 37.2 Å². The average molecular weight is 233 g/mol. The Balaban J connectivity index is 2.09. The van der Waals surface area contributed by atoms with Crippen LogP contribution in [-0.4, -0.2) is 27.3 Å². The second kappa shape index (κ2) is 5.25. The zero-order valence-corrected chi connectivity index (χ0v) is 10.5. The minimum absolute atomic E-state index is 0.168. The molecular formula is C13H19N3O. The Bertz CT molecular complexity index is 401. The van der Waals surface area contributed by atoms with E-state index in [1.165, 1.54) is 0 Å². The van der Waals surface area contributed by atoms with Crippen LogP contribution in [0.3, 0.4) is 0 Å². The van der Waals surface area contributed by atoms with Crippen LogP contribution in [0.2, 0.25) is 0 Å². The molecule has 1 aliphatic heterocycles. The first-order chi connectivity index (χ1) is 8.26. The van der Waals surface area contributed by atoms with Gasteiger partial charge in [-0.25, -0.2) is 9.97 Å². The molecule has 0 N–H and O–H groups in total. The Kier molecular flexibility index (Phi) is 3.71. The third kappa shape index (κ3) is 2.46. The third-order valence-corrected chi connectivity index (χ3v) is 3.51. The number of carbonyl (C=O) groups is 1. The number of fused-ring (bicyclic) bond motifs is 1. The number of hydrogen-bond donors (Lipinski definition) is 0. The fraction of sp³-hybridized carbons (Fsp3) is 0.615. The highest BCUT2D eigenvalue weighted by Gasteiger charge is 2.25. The Morgan fingerprint density at radius 2 is 2.24 bits per heavy atom. The second-order valence-electron chi connectivity index (χ2n) is 4.52. The molecule has 0 unspecified atom stereocenters. The molecule has 0 fully saturated rings. The highest BCUT2D eigenvalue weighted by Crippen LogP contribution is 2.19. The molecule has 92 valence electrons. The first-order valence-electron chi connectivity index (χ1n) is 6.32. The summed E-state index contributed by atoms with van der Waals surface area (Å²) in [5, 5.41) is 0. The number of nitrogens with zero attached hydrogens (tertiary/aromatic N) is 3. The highest BCUT2D eigenvalue weighted by molar-refractivity contribution is 5.79. The fourth-order valence-corrected chi connectivity index (χ4v) is 2.35. The van der Waals surface area contributed by atoms with Crippen molar-refractivity contribution >= 4 is 5.91 Å². The summed E-state index contributed by atoms with van der Waals surface area (Å²) in [4.78, 5) is 22.5. The molecule has 0 spiro atoms. The van der Waals surface area contributed by atoms with Crippen molar-refractivity contribution in [2.24, 2.45) is 5.92 Å².